The summed E-state index contributed by atoms with van der Waals surface area (Å²) in [5.74, 6) is -1.19. The number of rotatable bonds is 1. The Labute approximate surface area is 122 Å². The van der Waals surface area contributed by atoms with Crippen LogP contribution in [0.4, 0.5) is 14.7 Å². The van der Waals surface area contributed by atoms with Crippen LogP contribution >= 0.6 is 23.2 Å². The summed E-state index contributed by atoms with van der Waals surface area (Å²) in [5.41, 5.74) is 6.48. The Balaban J connectivity index is 2.42. The number of nitrogens with two attached hydrogens (primary N) is 1. The molecule has 1 heterocycles. The molecule has 102 valence electrons. The summed E-state index contributed by atoms with van der Waals surface area (Å²) in [6, 6.07) is 6.72. The van der Waals surface area contributed by atoms with Gasteiger partial charge in [-0.1, -0.05) is 29.3 Å². The summed E-state index contributed by atoms with van der Waals surface area (Å²) in [6.45, 7) is 0. The van der Waals surface area contributed by atoms with Crippen LogP contribution in [-0.2, 0) is 0 Å². The molecule has 20 heavy (non-hydrogen) atoms. The zero-order valence-corrected chi connectivity index (χ0v) is 11.4. The Morgan fingerprint density at radius 2 is 1.80 bits per heavy atom. The minimum Gasteiger partial charge on any atom is -0.369 e. The van der Waals surface area contributed by atoms with Crippen LogP contribution in [0.25, 0.3) is 16.7 Å². The Morgan fingerprint density at radius 3 is 2.50 bits per heavy atom. The quantitative estimate of drug-likeness (QED) is 0.732. The molecule has 0 spiro atoms. The fourth-order valence-electron chi connectivity index (χ4n) is 2.03. The van der Waals surface area contributed by atoms with E-state index in [0.29, 0.717) is 5.52 Å². The highest BCUT2D eigenvalue weighted by atomic mass is 35.5. The second-order valence-electron chi connectivity index (χ2n) is 4.13. The van der Waals surface area contributed by atoms with Crippen molar-refractivity contribution < 1.29 is 8.78 Å². The molecule has 0 radical (unpaired) electrons. The van der Waals surface area contributed by atoms with Crippen molar-refractivity contribution in [2.45, 2.75) is 0 Å². The molecule has 3 rings (SSSR count). The number of imidazole rings is 1. The predicted molar refractivity (Wildman–Crippen MR) is 75.4 cm³/mol. The summed E-state index contributed by atoms with van der Waals surface area (Å²) >= 11 is 11.8. The number of benzene rings is 2. The molecule has 0 bridgehead atoms. The molecule has 0 saturated carbocycles. The molecule has 0 amide bonds. The van der Waals surface area contributed by atoms with Gasteiger partial charge in [-0.05, 0) is 18.2 Å². The van der Waals surface area contributed by atoms with Crippen molar-refractivity contribution in [2.75, 3.05) is 5.73 Å². The van der Waals surface area contributed by atoms with Gasteiger partial charge in [0.25, 0.3) is 0 Å². The molecule has 7 heteroatoms. The normalized spacial score (nSPS) is 11.2. The van der Waals surface area contributed by atoms with Gasteiger partial charge < -0.3 is 5.73 Å². The van der Waals surface area contributed by atoms with Gasteiger partial charge in [0, 0.05) is 6.07 Å². The number of aromatic nitrogens is 2. The zero-order chi connectivity index (χ0) is 14.4. The van der Waals surface area contributed by atoms with Crippen LogP contribution in [0.5, 0.6) is 0 Å². The van der Waals surface area contributed by atoms with Gasteiger partial charge >= 0.3 is 0 Å². The van der Waals surface area contributed by atoms with E-state index in [1.54, 1.807) is 0 Å². The number of halogens is 4. The van der Waals surface area contributed by atoms with E-state index in [0.717, 1.165) is 6.07 Å². The lowest BCUT2D eigenvalue weighted by Gasteiger charge is -2.10. The Bertz CT molecular complexity index is 810. The smallest absolute Gasteiger partial charge is 0.206 e. The van der Waals surface area contributed by atoms with E-state index in [2.05, 4.69) is 4.98 Å². The van der Waals surface area contributed by atoms with Gasteiger partial charge in [0.2, 0.25) is 5.95 Å². The number of nitrogens with zero attached hydrogens (tertiary/aromatic N) is 2. The molecule has 0 unspecified atom stereocenters. The first kappa shape index (κ1) is 13.1. The first-order valence-corrected chi connectivity index (χ1v) is 6.32. The molecule has 0 aliphatic heterocycles. The van der Waals surface area contributed by atoms with E-state index in [4.69, 9.17) is 28.9 Å². The van der Waals surface area contributed by atoms with Crippen LogP contribution in [0.2, 0.25) is 10.0 Å². The number of fused-ring (bicyclic) bond motifs is 1. The average molecular weight is 314 g/mol. The summed E-state index contributed by atoms with van der Waals surface area (Å²) in [6.07, 6.45) is 0. The minimum absolute atomic E-state index is 0.00586. The predicted octanol–water partition coefficient (Wildman–Crippen LogP) is 4.19. The van der Waals surface area contributed by atoms with E-state index in [9.17, 15) is 8.78 Å². The maximum Gasteiger partial charge on any atom is 0.206 e. The number of nitrogen functional groups attached to an aromatic ring is 1. The average Bonchev–Trinajstić information content (AvgIpc) is 2.67. The maximum absolute atomic E-state index is 14.0. The topological polar surface area (TPSA) is 43.8 Å². The van der Waals surface area contributed by atoms with Crippen LogP contribution in [-0.4, -0.2) is 9.55 Å². The van der Waals surface area contributed by atoms with Crippen LogP contribution < -0.4 is 5.73 Å². The molecule has 3 aromatic rings. The van der Waals surface area contributed by atoms with Crippen molar-refractivity contribution in [2.24, 2.45) is 0 Å². The van der Waals surface area contributed by atoms with Crippen LogP contribution in [0.1, 0.15) is 0 Å². The third-order valence-corrected chi connectivity index (χ3v) is 3.48. The number of anilines is 1. The highest BCUT2D eigenvalue weighted by Crippen LogP contribution is 2.32. The number of para-hydroxylation sites is 1. The summed E-state index contributed by atoms with van der Waals surface area (Å²) in [7, 11) is 0. The van der Waals surface area contributed by atoms with Gasteiger partial charge in [-0.3, -0.25) is 4.57 Å². The molecule has 2 aromatic carbocycles. The van der Waals surface area contributed by atoms with Crippen molar-refractivity contribution >= 4 is 40.2 Å². The molecule has 0 saturated heterocycles. The van der Waals surface area contributed by atoms with Crippen molar-refractivity contribution in [3.05, 3.63) is 52.0 Å². The summed E-state index contributed by atoms with van der Waals surface area (Å²) < 4.78 is 28.7. The van der Waals surface area contributed by atoms with Gasteiger partial charge in [-0.2, -0.15) is 0 Å². The molecule has 0 fully saturated rings. The van der Waals surface area contributed by atoms with Gasteiger partial charge in [0.1, 0.15) is 17.3 Å². The van der Waals surface area contributed by atoms with Gasteiger partial charge in [-0.15, -0.1) is 0 Å². The maximum atomic E-state index is 14.0. The zero-order valence-electron chi connectivity index (χ0n) is 9.87. The van der Waals surface area contributed by atoms with Crippen LogP contribution in [0.15, 0.2) is 30.3 Å². The standard InChI is InChI=1S/C13H7Cl2F2N3/c14-6-2-1-3-8(16)12(6)20-11-4-7(15)9(17)5-10(11)19-13(20)18/h1-5H,(H2,18,19). The van der Waals surface area contributed by atoms with E-state index in [-0.39, 0.29) is 27.2 Å². The highest BCUT2D eigenvalue weighted by Gasteiger charge is 2.18. The highest BCUT2D eigenvalue weighted by molar-refractivity contribution is 6.32. The van der Waals surface area contributed by atoms with E-state index >= 15 is 0 Å². The largest absolute Gasteiger partial charge is 0.369 e. The molecule has 1 aromatic heterocycles. The number of hydrogen-bond donors (Lipinski definition) is 1. The van der Waals surface area contributed by atoms with Crippen molar-refractivity contribution in [1.29, 1.82) is 0 Å². The lowest BCUT2D eigenvalue weighted by atomic mass is 10.2. The molecular formula is C13H7Cl2F2N3. The fraction of sp³-hybridized carbons (Fsp3) is 0. The summed E-state index contributed by atoms with van der Waals surface area (Å²) in [5, 5.41) is 0.0579. The van der Waals surface area contributed by atoms with Crippen molar-refractivity contribution in [3.63, 3.8) is 0 Å². The minimum atomic E-state index is -0.622. The Hall–Kier alpha value is -1.85. The first-order valence-electron chi connectivity index (χ1n) is 5.56. The lowest BCUT2D eigenvalue weighted by molar-refractivity contribution is 0.620. The molecule has 0 aliphatic rings. The van der Waals surface area contributed by atoms with E-state index < -0.39 is 11.6 Å². The molecule has 3 nitrogen and oxygen atoms in total. The van der Waals surface area contributed by atoms with E-state index in [1.165, 1.54) is 28.8 Å². The molecule has 2 N–H and O–H groups in total. The molecule has 0 atom stereocenters. The summed E-state index contributed by atoms with van der Waals surface area (Å²) in [4.78, 5) is 3.99. The van der Waals surface area contributed by atoms with Crippen LogP contribution in [0.3, 0.4) is 0 Å². The molecule has 0 aliphatic carbocycles. The SMILES string of the molecule is Nc1nc2cc(F)c(Cl)cc2n1-c1c(F)cccc1Cl. The monoisotopic (exact) mass is 313 g/mol. The second-order valence-corrected chi connectivity index (χ2v) is 4.95. The fourth-order valence-corrected chi connectivity index (χ4v) is 2.43. The van der Waals surface area contributed by atoms with Crippen molar-refractivity contribution in [1.82, 2.24) is 9.55 Å². The van der Waals surface area contributed by atoms with Crippen LogP contribution in [0, 0.1) is 11.6 Å². The first-order chi connectivity index (χ1) is 9.49. The molecular weight excluding hydrogens is 307 g/mol. The second kappa shape index (κ2) is 4.61. The van der Waals surface area contributed by atoms with Gasteiger partial charge in [0.05, 0.1) is 21.1 Å². The van der Waals surface area contributed by atoms with Gasteiger partial charge in [0.15, 0.2) is 0 Å². The Morgan fingerprint density at radius 1 is 1.05 bits per heavy atom. The number of hydrogen-bond acceptors (Lipinski definition) is 2. The Kier molecular flexibility index (Phi) is 3.03. The third kappa shape index (κ3) is 1.90. The van der Waals surface area contributed by atoms with Crippen molar-refractivity contribution in [3.8, 4) is 5.69 Å². The van der Waals surface area contributed by atoms with E-state index in [1.807, 2.05) is 0 Å². The van der Waals surface area contributed by atoms with Gasteiger partial charge in [-0.25, -0.2) is 13.8 Å². The lowest BCUT2D eigenvalue weighted by Crippen LogP contribution is -2.03. The third-order valence-electron chi connectivity index (χ3n) is 2.88.